The van der Waals surface area contributed by atoms with Gasteiger partial charge < -0.3 is 24.1 Å². The van der Waals surface area contributed by atoms with Gasteiger partial charge in [0.2, 0.25) is 0 Å². The van der Waals surface area contributed by atoms with Crippen molar-refractivity contribution in [3.8, 4) is 0 Å². The standard InChI is InChI=1S/C15H18O3.C11H20O2.C8H14O2.C5H8O2/c1-2-3-11-18-15(17)14(12-16)10-9-13-7-5-4-6-8-13;1-4-6-7-8-9-13-11(12)10(3)5-2;1-4-5-6-10-8(9)7(2)3;1-4(2)5(6)7-3/h4-10,12,16H,2-3,11H2,1H3;3-9H2,1-2H3;2,4-6H2,1,3H3;1H2,2-3H3. The van der Waals surface area contributed by atoms with Crippen molar-refractivity contribution in [3.63, 3.8) is 0 Å². The molecule has 0 heterocycles. The van der Waals surface area contributed by atoms with Crippen molar-refractivity contribution in [1.82, 2.24) is 0 Å². The lowest BCUT2D eigenvalue weighted by Gasteiger charge is -2.04. The molecule has 0 aliphatic heterocycles. The van der Waals surface area contributed by atoms with Crippen LogP contribution in [0.15, 0.2) is 84.7 Å². The lowest BCUT2D eigenvalue weighted by Crippen LogP contribution is -2.07. The van der Waals surface area contributed by atoms with Crippen molar-refractivity contribution in [3.05, 3.63) is 90.3 Å². The lowest BCUT2D eigenvalue weighted by atomic mass is 10.2. The van der Waals surface area contributed by atoms with E-state index in [2.05, 4.69) is 38.3 Å². The Morgan fingerprint density at radius 3 is 1.56 bits per heavy atom. The highest BCUT2D eigenvalue weighted by Crippen LogP contribution is 2.07. The maximum atomic E-state index is 11.6. The van der Waals surface area contributed by atoms with E-state index in [-0.39, 0.29) is 23.5 Å². The summed E-state index contributed by atoms with van der Waals surface area (Å²) >= 11 is 0. The fourth-order valence-corrected chi connectivity index (χ4v) is 2.85. The van der Waals surface area contributed by atoms with Crippen molar-refractivity contribution in [1.29, 1.82) is 0 Å². The SMILES string of the molecule is C=C(C)C(=O)OC.C=C(C)C(=O)OCCCC.C=C(CC)C(=O)OCCCCCC.CCCCOC(=O)C(C=Cc1ccccc1)=CO. The van der Waals surface area contributed by atoms with Gasteiger partial charge in [-0.05, 0) is 51.2 Å². The zero-order valence-corrected chi connectivity index (χ0v) is 30.4. The van der Waals surface area contributed by atoms with E-state index in [0.29, 0.717) is 43.0 Å². The Balaban J connectivity index is -0.000000597. The van der Waals surface area contributed by atoms with Gasteiger partial charge >= 0.3 is 23.9 Å². The molecule has 0 saturated carbocycles. The number of rotatable bonds is 18. The van der Waals surface area contributed by atoms with Crippen LogP contribution in [0.5, 0.6) is 0 Å². The van der Waals surface area contributed by atoms with Gasteiger partial charge in [-0.3, -0.25) is 0 Å². The molecule has 1 N–H and O–H groups in total. The number of hydrogen-bond acceptors (Lipinski definition) is 9. The second-order valence-corrected chi connectivity index (χ2v) is 10.5. The molecule has 0 spiro atoms. The van der Waals surface area contributed by atoms with Crippen LogP contribution in [0.1, 0.15) is 105 Å². The van der Waals surface area contributed by atoms with Gasteiger partial charge in [-0.15, -0.1) is 0 Å². The number of ether oxygens (including phenoxy) is 4. The van der Waals surface area contributed by atoms with E-state index in [0.717, 1.165) is 50.4 Å². The smallest absolute Gasteiger partial charge is 0.341 e. The van der Waals surface area contributed by atoms with Crippen molar-refractivity contribution in [2.24, 2.45) is 0 Å². The first kappa shape index (κ1) is 48.0. The second-order valence-electron chi connectivity index (χ2n) is 10.5. The first-order valence-corrected chi connectivity index (χ1v) is 16.5. The van der Waals surface area contributed by atoms with Gasteiger partial charge in [0, 0.05) is 16.7 Å². The van der Waals surface area contributed by atoms with Gasteiger partial charge in [-0.1, -0.05) is 116 Å². The number of benzene rings is 1. The molecule has 0 amide bonds. The van der Waals surface area contributed by atoms with Crippen LogP contribution in [-0.2, 0) is 38.1 Å². The number of aliphatic hydroxyl groups is 1. The highest BCUT2D eigenvalue weighted by molar-refractivity contribution is 5.92. The van der Waals surface area contributed by atoms with Crippen LogP contribution in [0.2, 0.25) is 0 Å². The van der Waals surface area contributed by atoms with E-state index in [9.17, 15) is 19.2 Å². The Hall–Kier alpha value is -4.40. The summed E-state index contributed by atoms with van der Waals surface area (Å²) in [6.07, 6.45) is 13.0. The lowest BCUT2D eigenvalue weighted by molar-refractivity contribution is -0.140. The highest BCUT2D eigenvalue weighted by atomic mass is 16.5. The first-order chi connectivity index (χ1) is 22.9. The van der Waals surface area contributed by atoms with Gasteiger partial charge in [0.05, 0.1) is 38.8 Å². The molecule has 48 heavy (non-hydrogen) atoms. The summed E-state index contributed by atoms with van der Waals surface area (Å²) in [5.41, 5.74) is 2.57. The second kappa shape index (κ2) is 33.9. The third-order valence-electron chi connectivity index (χ3n) is 5.92. The largest absolute Gasteiger partial charge is 0.515 e. The Kier molecular flexibility index (Phi) is 33.9. The number of hydrogen-bond donors (Lipinski definition) is 1. The summed E-state index contributed by atoms with van der Waals surface area (Å²) in [5.74, 6) is -1.37. The summed E-state index contributed by atoms with van der Waals surface area (Å²) in [6, 6.07) is 9.55. The van der Waals surface area contributed by atoms with Gasteiger partial charge in [0.15, 0.2) is 0 Å². The molecule has 0 bridgehead atoms. The van der Waals surface area contributed by atoms with E-state index in [4.69, 9.17) is 19.3 Å². The molecule has 1 aromatic rings. The maximum absolute atomic E-state index is 11.6. The predicted octanol–water partition coefficient (Wildman–Crippen LogP) is 9.20. The molecular formula is C39H60O9. The molecule has 0 unspecified atom stereocenters. The van der Waals surface area contributed by atoms with E-state index >= 15 is 0 Å². The molecule has 0 aliphatic carbocycles. The molecule has 0 aliphatic rings. The maximum Gasteiger partial charge on any atom is 0.341 e. The Morgan fingerprint density at radius 2 is 1.15 bits per heavy atom. The molecule has 0 fully saturated rings. The Morgan fingerprint density at radius 1 is 0.667 bits per heavy atom. The zero-order valence-electron chi connectivity index (χ0n) is 30.4. The monoisotopic (exact) mass is 672 g/mol. The third-order valence-corrected chi connectivity index (χ3v) is 5.92. The van der Waals surface area contributed by atoms with Crippen LogP contribution in [-0.4, -0.2) is 55.9 Å². The summed E-state index contributed by atoms with van der Waals surface area (Å²) in [7, 11) is 1.33. The van der Waals surface area contributed by atoms with Gasteiger partial charge in [0.25, 0.3) is 0 Å². The minimum absolute atomic E-state index is 0.148. The molecule has 0 saturated heterocycles. The van der Waals surface area contributed by atoms with Gasteiger partial charge in [0.1, 0.15) is 0 Å². The quantitative estimate of drug-likeness (QED) is 0.0406. The molecule has 1 rings (SSSR count). The van der Waals surface area contributed by atoms with Crippen molar-refractivity contribution in [2.75, 3.05) is 26.9 Å². The van der Waals surface area contributed by atoms with E-state index in [1.807, 2.05) is 44.2 Å². The average Bonchev–Trinajstić information content (AvgIpc) is 3.09. The summed E-state index contributed by atoms with van der Waals surface area (Å²) in [5, 5.41) is 9.02. The molecular weight excluding hydrogens is 612 g/mol. The summed E-state index contributed by atoms with van der Waals surface area (Å²) in [4.78, 5) is 43.5. The normalized spacial score (nSPS) is 10.0. The molecule has 9 nitrogen and oxygen atoms in total. The third kappa shape index (κ3) is 30.3. The van der Waals surface area contributed by atoms with E-state index < -0.39 is 5.97 Å². The molecule has 0 atom stereocenters. The summed E-state index contributed by atoms with van der Waals surface area (Å²) in [6.45, 7) is 23.2. The van der Waals surface area contributed by atoms with Gasteiger partial charge in [-0.2, -0.15) is 0 Å². The fraction of sp³-hybridized carbons (Fsp3) is 0.487. The minimum Gasteiger partial charge on any atom is -0.515 e. The molecule has 0 aromatic heterocycles. The average molecular weight is 673 g/mol. The zero-order chi connectivity index (χ0) is 37.2. The molecule has 0 radical (unpaired) electrons. The van der Waals surface area contributed by atoms with Crippen molar-refractivity contribution < 1.29 is 43.2 Å². The van der Waals surface area contributed by atoms with Crippen LogP contribution in [0.3, 0.4) is 0 Å². The van der Waals surface area contributed by atoms with Crippen molar-refractivity contribution >= 4 is 30.0 Å². The Bertz CT molecular complexity index is 1130. The molecule has 9 heteroatoms. The number of carbonyl (C=O) groups is 4. The topological polar surface area (TPSA) is 125 Å². The highest BCUT2D eigenvalue weighted by Gasteiger charge is 2.07. The number of aliphatic hydroxyl groups excluding tert-OH is 1. The summed E-state index contributed by atoms with van der Waals surface area (Å²) < 4.78 is 19.1. The number of unbranched alkanes of at least 4 members (excludes halogenated alkanes) is 5. The minimum atomic E-state index is -0.502. The number of carbonyl (C=O) groups excluding carboxylic acids is 4. The van der Waals surface area contributed by atoms with Crippen LogP contribution in [0.25, 0.3) is 6.08 Å². The van der Waals surface area contributed by atoms with Crippen LogP contribution in [0, 0.1) is 0 Å². The molecule has 1 aromatic carbocycles. The Labute approximate surface area is 289 Å². The number of esters is 4. The van der Waals surface area contributed by atoms with Crippen LogP contribution < -0.4 is 0 Å². The van der Waals surface area contributed by atoms with Crippen LogP contribution >= 0.6 is 0 Å². The fourth-order valence-electron chi connectivity index (χ4n) is 2.85. The first-order valence-electron chi connectivity index (χ1n) is 16.5. The van der Waals surface area contributed by atoms with E-state index in [1.165, 1.54) is 20.0 Å². The number of methoxy groups -OCH3 is 1. The van der Waals surface area contributed by atoms with Crippen molar-refractivity contribution in [2.45, 2.75) is 99.3 Å². The van der Waals surface area contributed by atoms with E-state index in [1.54, 1.807) is 26.0 Å². The predicted molar refractivity (Wildman–Crippen MR) is 194 cm³/mol. The van der Waals surface area contributed by atoms with Crippen LogP contribution in [0.4, 0.5) is 0 Å². The molecule has 270 valence electrons. The van der Waals surface area contributed by atoms with Gasteiger partial charge in [-0.25, -0.2) is 19.2 Å².